The van der Waals surface area contributed by atoms with Gasteiger partial charge in [-0.1, -0.05) is 26.2 Å². The molecule has 0 radical (unpaired) electrons. The lowest BCUT2D eigenvalue weighted by Gasteiger charge is -2.05. The van der Waals surface area contributed by atoms with Crippen LogP contribution in [0.2, 0.25) is 0 Å². The Morgan fingerprint density at radius 2 is 2.00 bits per heavy atom. The zero-order valence-corrected chi connectivity index (χ0v) is 8.72. The van der Waals surface area contributed by atoms with E-state index in [9.17, 15) is 4.39 Å². The van der Waals surface area contributed by atoms with E-state index >= 15 is 0 Å². The molecular weight excluding hydrogens is 177 g/mol. The molecule has 0 unspecified atom stereocenters. The first-order valence-electron chi connectivity index (χ1n) is 5.28. The minimum Gasteiger partial charge on any atom is -0.399 e. The molecule has 0 saturated carbocycles. The van der Waals surface area contributed by atoms with Crippen LogP contribution in [-0.2, 0) is 6.42 Å². The molecule has 0 aliphatic heterocycles. The first kappa shape index (κ1) is 11.0. The summed E-state index contributed by atoms with van der Waals surface area (Å²) in [5.74, 6) is -0.190. The van der Waals surface area contributed by atoms with E-state index in [1.165, 1.54) is 25.3 Å². The standard InChI is InChI=1S/C12H18FN/c1-2-3-4-5-6-10-9-11(13)7-8-12(10)14/h7-9H,2-6,14H2,1H3. The van der Waals surface area contributed by atoms with E-state index in [1.807, 2.05) is 0 Å². The number of nitrogen functional groups attached to an aromatic ring is 1. The molecule has 0 saturated heterocycles. The van der Waals surface area contributed by atoms with Gasteiger partial charge in [-0.25, -0.2) is 4.39 Å². The van der Waals surface area contributed by atoms with Crippen molar-refractivity contribution in [3.8, 4) is 0 Å². The molecule has 0 fully saturated rings. The summed E-state index contributed by atoms with van der Waals surface area (Å²) in [7, 11) is 0. The quantitative estimate of drug-likeness (QED) is 0.564. The fourth-order valence-corrected chi connectivity index (χ4v) is 1.53. The maximum atomic E-state index is 12.9. The van der Waals surface area contributed by atoms with Gasteiger partial charge in [-0.15, -0.1) is 0 Å². The molecule has 2 N–H and O–H groups in total. The Hall–Kier alpha value is -1.05. The van der Waals surface area contributed by atoms with Gasteiger partial charge in [-0.05, 0) is 36.6 Å². The second kappa shape index (κ2) is 5.63. The molecule has 0 bridgehead atoms. The molecule has 0 aliphatic rings. The van der Waals surface area contributed by atoms with Crippen LogP contribution < -0.4 is 5.73 Å². The van der Waals surface area contributed by atoms with Crippen molar-refractivity contribution < 1.29 is 4.39 Å². The summed E-state index contributed by atoms with van der Waals surface area (Å²) in [5, 5.41) is 0. The van der Waals surface area contributed by atoms with Crippen molar-refractivity contribution in [1.29, 1.82) is 0 Å². The van der Waals surface area contributed by atoms with Crippen LogP contribution in [-0.4, -0.2) is 0 Å². The van der Waals surface area contributed by atoms with Gasteiger partial charge in [0.2, 0.25) is 0 Å². The molecule has 1 aromatic carbocycles. The van der Waals surface area contributed by atoms with Gasteiger partial charge >= 0.3 is 0 Å². The molecule has 0 spiro atoms. The van der Waals surface area contributed by atoms with E-state index in [4.69, 9.17) is 5.73 Å². The molecule has 1 rings (SSSR count). The van der Waals surface area contributed by atoms with Crippen LogP contribution in [0.15, 0.2) is 18.2 Å². The molecule has 2 heteroatoms. The zero-order valence-electron chi connectivity index (χ0n) is 8.72. The monoisotopic (exact) mass is 195 g/mol. The van der Waals surface area contributed by atoms with Gasteiger partial charge in [0.1, 0.15) is 5.82 Å². The number of anilines is 1. The number of hydrogen-bond donors (Lipinski definition) is 1. The van der Waals surface area contributed by atoms with E-state index in [0.717, 1.165) is 18.4 Å². The number of benzene rings is 1. The van der Waals surface area contributed by atoms with Crippen molar-refractivity contribution in [1.82, 2.24) is 0 Å². The summed E-state index contributed by atoms with van der Waals surface area (Å²) >= 11 is 0. The smallest absolute Gasteiger partial charge is 0.123 e. The average molecular weight is 195 g/mol. The molecular formula is C12H18FN. The second-order valence-corrected chi connectivity index (χ2v) is 3.65. The third kappa shape index (κ3) is 3.36. The van der Waals surface area contributed by atoms with Gasteiger partial charge in [0.05, 0.1) is 0 Å². The Balaban J connectivity index is 2.45. The van der Waals surface area contributed by atoms with Crippen LogP contribution in [0.3, 0.4) is 0 Å². The number of aryl methyl sites for hydroxylation is 1. The highest BCUT2D eigenvalue weighted by Gasteiger charge is 2.00. The molecule has 1 nitrogen and oxygen atoms in total. The van der Waals surface area contributed by atoms with Gasteiger partial charge in [0.25, 0.3) is 0 Å². The van der Waals surface area contributed by atoms with E-state index in [-0.39, 0.29) is 5.82 Å². The first-order valence-corrected chi connectivity index (χ1v) is 5.28. The summed E-state index contributed by atoms with van der Waals surface area (Å²) in [5.41, 5.74) is 7.39. The van der Waals surface area contributed by atoms with Crippen LogP contribution in [0, 0.1) is 5.82 Å². The predicted molar refractivity (Wildman–Crippen MR) is 58.7 cm³/mol. The van der Waals surface area contributed by atoms with Crippen LogP contribution in [0.5, 0.6) is 0 Å². The maximum absolute atomic E-state index is 12.9. The van der Waals surface area contributed by atoms with Crippen molar-refractivity contribution in [3.05, 3.63) is 29.6 Å². The van der Waals surface area contributed by atoms with E-state index < -0.39 is 0 Å². The highest BCUT2D eigenvalue weighted by molar-refractivity contribution is 5.46. The van der Waals surface area contributed by atoms with Crippen molar-refractivity contribution >= 4 is 5.69 Å². The topological polar surface area (TPSA) is 26.0 Å². The maximum Gasteiger partial charge on any atom is 0.123 e. The van der Waals surface area contributed by atoms with Gasteiger partial charge in [0, 0.05) is 5.69 Å². The van der Waals surface area contributed by atoms with Gasteiger partial charge in [0.15, 0.2) is 0 Å². The van der Waals surface area contributed by atoms with Crippen molar-refractivity contribution in [2.75, 3.05) is 5.73 Å². The number of halogens is 1. The summed E-state index contributed by atoms with van der Waals surface area (Å²) in [6, 6.07) is 4.59. The third-order valence-electron chi connectivity index (χ3n) is 2.40. The van der Waals surface area contributed by atoms with Gasteiger partial charge in [-0.2, -0.15) is 0 Å². The SMILES string of the molecule is CCCCCCc1cc(F)ccc1N. The molecule has 0 aliphatic carbocycles. The Morgan fingerprint density at radius 3 is 2.71 bits per heavy atom. The summed E-state index contributed by atoms with van der Waals surface area (Å²) < 4.78 is 12.9. The molecule has 0 amide bonds. The molecule has 0 aromatic heterocycles. The van der Waals surface area contributed by atoms with Crippen LogP contribution in [0.4, 0.5) is 10.1 Å². The van der Waals surface area contributed by atoms with Crippen LogP contribution in [0.25, 0.3) is 0 Å². The first-order chi connectivity index (χ1) is 6.74. The Kier molecular flexibility index (Phi) is 4.44. The lowest BCUT2D eigenvalue weighted by molar-refractivity contribution is 0.621. The average Bonchev–Trinajstić information content (AvgIpc) is 2.18. The van der Waals surface area contributed by atoms with Crippen molar-refractivity contribution in [2.24, 2.45) is 0 Å². The summed E-state index contributed by atoms with van der Waals surface area (Å²) in [6.07, 6.45) is 5.66. The Morgan fingerprint density at radius 1 is 1.21 bits per heavy atom. The molecule has 1 aromatic rings. The van der Waals surface area contributed by atoms with Crippen molar-refractivity contribution in [2.45, 2.75) is 39.0 Å². The van der Waals surface area contributed by atoms with Crippen LogP contribution >= 0.6 is 0 Å². The third-order valence-corrected chi connectivity index (χ3v) is 2.40. The number of hydrogen-bond acceptors (Lipinski definition) is 1. The minimum atomic E-state index is -0.190. The van der Waals surface area contributed by atoms with Gasteiger partial charge < -0.3 is 5.73 Å². The highest BCUT2D eigenvalue weighted by Crippen LogP contribution is 2.16. The zero-order chi connectivity index (χ0) is 10.4. The Labute approximate surface area is 85.1 Å². The molecule has 0 heterocycles. The van der Waals surface area contributed by atoms with E-state index in [2.05, 4.69) is 6.92 Å². The molecule has 78 valence electrons. The number of unbranched alkanes of at least 4 members (excludes halogenated alkanes) is 3. The van der Waals surface area contributed by atoms with Crippen LogP contribution in [0.1, 0.15) is 38.2 Å². The lowest BCUT2D eigenvalue weighted by atomic mass is 10.0. The van der Waals surface area contributed by atoms with E-state index in [1.54, 1.807) is 12.1 Å². The number of nitrogens with two attached hydrogens (primary N) is 1. The summed E-state index contributed by atoms with van der Waals surface area (Å²) in [4.78, 5) is 0. The lowest BCUT2D eigenvalue weighted by Crippen LogP contribution is -1.95. The van der Waals surface area contributed by atoms with Gasteiger partial charge in [-0.3, -0.25) is 0 Å². The van der Waals surface area contributed by atoms with Crippen molar-refractivity contribution in [3.63, 3.8) is 0 Å². The molecule has 0 atom stereocenters. The largest absolute Gasteiger partial charge is 0.399 e. The highest BCUT2D eigenvalue weighted by atomic mass is 19.1. The Bertz CT molecular complexity index is 284. The summed E-state index contributed by atoms with van der Waals surface area (Å²) in [6.45, 7) is 2.18. The number of rotatable bonds is 5. The predicted octanol–water partition coefficient (Wildman–Crippen LogP) is 3.53. The normalized spacial score (nSPS) is 10.4. The molecule has 14 heavy (non-hydrogen) atoms. The fraction of sp³-hybridized carbons (Fsp3) is 0.500. The second-order valence-electron chi connectivity index (χ2n) is 3.65. The fourth-order valence-electron chi connectivity index (χ4n) is 1.53. The van der Waals surface area contributed by atoms with E-state index in [0.29, 0.717) is 5.69 Å². The minimum absolute atomic E-state index is 0.190.